The summed E-state index contributed by atoms with van der Waals surface area (Å²) in [6.45, 7) is 3.98. The van der Waals surface area contributed by atoms with Crippen LogP contribution in [-0.4, -0.2) is 57.7 Å². The van der Waals surface area contributed by atoms with Crippen LogP contribution in [0.3, 0.4) is 0 Å². The molecule has 26 heavy (non-hydrogen) atoms. The third kappa shape index (κ3) is 4.45. The molecule has 2 aliphatic rings. The van der Waals surface area contributed by atoms with Crippen LogP contribution in [0.25, 0.3) is 0 Å². The van der Waals surface area contributed by atoms with Crippen LogP contribution in [0, 0.1) is 5.92 Å². The quantitative estimate of drug-likeness (QED) is 0.808. The molecular weight excluding hydrogens is 374 g/mol. The van der Waals surface area contributed by atoms with E-state index in [9.17, 15) is 16.8 Å². The highest BCUT2D eigenvalue weighted by atomic mass is 32.2. The van der Waals surface area contributed by atoms with Crippen LogP contribution in [-0.2, 0) is 20.2 Å². The van der Waals surface area contributed by atoms with Gasteiger partial charge in [0, 0.05) is 32.2 Å². The molecule has 0 bridgehead atoms. The third-order valence-corrected chi connectivity index (χ3v) is 8.80. The first-order chi connectivity index (χ1) is 12.3. The smallest absolute Gasteiger partial charge is 0.208 e. The summed E-state index contributed by atoms with van der Waals surface area (Å²) in [5.74, 6) is 0.569. The van der Waals surface area contributed by atoms with Gasteiger partial charge in [-0.3, -0.25) is 0 Å². The number of hydrogen-bond donors (Lipinski definition) is 1. The average Bonchev–Trinajstić information content (AvgIpc) is 2.63. The summed E-state index contributed by atoms with van der Waals surface area (Å²) in [6, 6.07) is 8.00. The Morgan fingerprint density at radius 3 is 1.88 bits per heavy atom. The molecule has 0 radical (unpaired) electrons. The minimum atomic E-state index is -3.57. The minimum Gasteiger partial charge on any atom is -0.208 e. The van der Waals surface area contributed by atoms with E-state index in [-0.39, 0.29) is 10.9 Å². The second-order valence-corrected chi connectivity index (χ2v) is 10.8. The lowest BCUT2D eigenvalue weighted by atomic mass is 10.0. The molecule has 0 aliphatic carbocycles. The number of piperidine rings is 2. The highest BCUT2D eigenvalue weighted by Crippen LogP contribution is 2.23. The first kappa shape index (κ1) is 19.8. The molecule has 2 aliphatic heterocycles. The lowest BCUT2D eigenvalue weighted by Crippen LogP contribution is -2.52. The summed E-state index contributed by atoms with van der Waals surface area (Å²) >= 11 is 0. The summed E-state index contributed by atoms with van der Waals surface area (Å²) in [5, 5.41) is 0. The van der Waals surface area contributed by atoms with E-state index < -0.39 is 20.2 Å². The van der Waals surface area contributed by atoms with Crippen LogP contribution in [0.2, 0.25) is 0 Å². The SMILES string of the molecule is CC1CCN(S(=O)(=O)N2CCC(NS(=O)(=O)c3ccccc3)CC2)CC1. The van der Waals surface area contributed by atoms with Gasteiger partial charge in [-0.1, -0.05) is 25.1 Å². The molecule has 0 amide bonds. The van der Waals surface area contributed by atoms with E-state index in [1.54, 1.807) is 34.6 Å². The first-order valence-corrected chi connectivity index (χ1v) is 12.0. The fourth-order valence-corrected chi connectivity index (χ4v) is 6.47. The Morgan fingerprint density at radius 1 is 0.846 bits per heavy atom. The van der Waals surface area contributed by atoms with E-state index in [1.807, 2.05) is 0 Å². The molecule has 1 N–H and O–H groups in total. The predicted molar refractivity (Wildman–Crippen MR) is 100 cm³/mol. The standard InChI is InChI=1S/C17H27N3O4S2/c1-15-7-11-19(12-8-15)26(23,24)20-13-9-16(10-14-20)18-25(21,22)17-5-3-2-4-6-17/h2-6,15-16,18H,7-14H2,1H3. The number of benzene rings is 1. The van der Waals surface area contributed by atoms with E-state index in [4.69, 9.17) is 0 Å². The molecule has 0 spiro atoms. The van der Waals surface area contributed by atoms with Crippen LogP contribution in [0.1, 0.15) is 32.6 Å². The van der Waals surface area contributed by atoms with Gasteiger partial charge in [-0.15, -0.1) is 0 Å². The Labute approximate surface area is 156 Å². The normalized spacial score (nSPS) is 22.5. The number of sulfonamides is 1. The van der Waals surface area contributed by atoms with Gasteiger partial charge in [0.05, 0.1) is 4.90 Å². The Morgan fingerprint density at radius 2 is 1.35 bits per heavy atom. The van der Waals surface area contributed by atoms with Crippen molar-refractivity contribution in [2.75, 3.05) is 26.2 Å². The zero-order valence-corrected chi connectivity index (χ0v) is 16.7. The van der Waals surface area contributed by atoms with Gasteiger partial charge in [-0.25, -0.2) is 13.1 Å². The molecule has 1 aromatic rings. The lowest BCUT2D eigenvalue weighted by molar-refractivity contribution is 0.245. The van der Waals surface area contributed by atoms with Crippen LogP contribution in [0.5, 0.6) is 0 Å². The number of rotatable bonds is 5. The van der Waals surface area contributed by atoms with E-state index in [0.717, 1.165) is 12.8 Å². The Hall–Kier alpha value is -1.00. The molecule has 0 atom stereocenters. The molecule has 7 nitrogen and oxygen atoms in total. The topological polar surface area (TPSA) is 86.8 Å². The maximum atomic E-state index is 12.8. The Kier molecular flexibility index (Phi) is 6.03. The molecule has 9 heteroatoms. The molecule has 1 aromatic carbocycles. The van der Waals surface area contributed by atoms with Crippen molar-refractivity contribution in [1.29, 1.82) is 0 Å². The van der Waals surface area contributed by atoms with Gasteiger partial charge in [0.25, 0.3) is 10.2 Å². The fourth-order valence-electron chi connectivity index (χ4n) is 3.47. The summed E-state index contributed by atoms with van der Waals surface area (Å²) in [6.07, 6.45) is 2.75. The minimum absolute atomic E-state index is 0.234. The van der Waals surface area contributed by atoms with Gasteiger partial charge in [0.1, 0.15) is 0 Å². The Bertz CT molecular complexity index is 796. The molecule has 2 saturated heterocycles. The van der Waals surface area contributed by atoms with Gasteiger partial charge in [-0.2, -0.15) is 17.0 Å². The molecule has 0 aromatic heterocycles. The summed E-state index contributed by atoms with van der Waals surface area (Å²) in [5.41, 5.74) is 0. The summed E-state index contributed by atoms with van der Waals surface area (Å²) in [4.78, 5) is 0.234. The van der Waals surface area contributed by atoms with Gasteiger partial charge in [0.2, 0.25) is 10.0 Å². The van der Waals surface area contributed by atoms with Crippen molar-refractivity contribution in [2.45, 2.75) is 43.5 Å². The maximum absolute atomic E-state index is 12.8. The van der Waals surface area contributed by atoms with E-state index in [0.29, 0.717) is 44.9 Å². The first-order valence-electron chi connectivity index (χ1n) is 9.11. The van der Waals surface area contributed by atoms with Crippen molar-refractivity contribution < 1.29 is 16.8 Å². The van der Waals surface area contributed by atoms with Gasteiger partial charge < -0.3 is 0 Å². The van der Waals surface area contributed by atoms with Crippen molar-refractivity contribution in [3.8, 4) is 0 Å². The van der Waals surface area contributed by atoms with Gasteiger partial charge >= 0.3 is 0 Å². The lowest BCUT2D eigenvalue weighted by Gasteiger charge is -2.37. The van der Waals surface area contributed by atoms with E-state index in [2.05, 4.69) is 11.6 Å². The molecule has 146 valence electrons. The van der Waals surface area contributed by atoms with Gasteiger partial charge in [-0.05, 0) is 43.7 Å². The number of nitrogens with zero attached hydrogens (tertiary/aromatic N) is 2. The average molecular weight is 402 g/mol. The molecule has 2 heterocycles. The van der Waals surface area contributed by atoms with Crippen LogP contribution < -0.4 is 4.72 Å². The molecule has 0 saturated carbocycles. The number of nitrogens with one attached hydrogen (secondary N) is 1. The molecule has 2 fully saturated rings. The van der Waals surface area contributed by atoms with Crippen LogP contribution in [0.4, 0.5) is 0 Å². The summed E-state index contributed by atoms with van der Waals surface area (Å²) in [7, 11) is -7.01. The van der Waals surface area contributed by atoms with Crippen molar-refractivity contribution in [1.82, 2.24) is 13.3 Å². The largest absolute Gasteiger partial charge is 0.281 e. The maximum Gasteiger partial charge on any atom is 0.281 e. The fraction of sp³-hybridized carbons (Fsp3) is 0.647. The van der Waals surface area contributed by atoms with Crippen molar-refractivity contribution in [3.63, 3.8) is 0 Å². The highest BCUT2D eigenvalue weighted by Gasteiger charge is 2.35. The van der Waals surface area contributed by atoms with Crippen molar-refractivity contribution in [2.24, 2.45) is 5.92 Å². The Balaban J connectivity index is 1.57. The van der Waals surface area contributed by atoms with Gasteiger partial charge in [0.15, 0.2) is 0 Å². The molecule has 3 rings (SSSR count). The molecular formula is C17H27N3O4S2. The highest BCUT2D eigenvalue weighted by molar-refractivity contribution is 7.89. The third-order valence-electron chi connectivity index (χ3n) is 5.22. The van der Waals surface area contributed by atoms with Crippen molar-refractivity contribution in [3.05, 3.63) is 30.3 Å². The van der Waals surface area contributed by atoms with Crippen LogP contribution >= 0.6 is 0 Å². The summed E-state index contributed by atoms with van der Waals surface area (Å²) < 4.78 is 56.1. The van der Waals surface area contributed by atoms with Crippen LogP contribution in [0.15, 0.2) is 35.2 Å². The zero-order chi connectivity index (χ0) is 18.8. The number of hydrogen-bond acceptors (Lipinski definition) is 4. The second-order valence-electron chi connectivity index (χ2n) is 7.20. The molecule has 0 unspecified atom stereocenters. The monoisotopic (exact) mass is 401 g/mol. The second kappa shape index (κ2) is 7.93. The van der Waals surface area contributed by atoms with E-state index >= 15 is 0 Å². The van der Waals surface area contributed by atoms with Crippen molar-refractivity contribution >= 4 is 20.2 Å². The van der Waals surface area contributed by atoms with E-state index in [1.165, 1.54) is 4.31 Å². The zero-order valence-electron chi connectivity index (χ0n) is 15.0. The predicted octanol–water partition coefficient (Wildman–Crippen LogP) is 1.41.